The summed E-state index contributed by atoms with van der Waals surface area (Å²) in [4.78, 5) is 6.93. The van der Waals surface area contributed by atoms with Gasteiger partial charge in [0.2, 0.25) is 0 Å². The number of nitrogens with two attached hydrogens (primary N) is 1. The zero-order valence-corrected chi connectivity index (χ0v) is 15.5. The van der Waals surface area contributed by atoms with E-state index in [-0.39, 0.29) is 24.0 Å². The summed E-state index contributed by atoms with van der Waals surface area (Å²) in [7, 11) is 0. The molecule has 3 N–H and O–H groups in total. The lowest BCUT2D eigenvalue weighted by Crippen LogP contribution is -2.32. The second-order valence-corrected chi connectivity index (χ2v) is 6.13. The lowest BCUT2D eigenvalue weighted by Gasteiger charge is -2.25. The lowest BCUT2D eigenvalue weighted by atomic mass is 10.1. The molecule has 0 radical (unpaired) electrons. The zero-order valence-electron chi connectivity index (χ0n) is 13.2. The van der Waals surface area contributed by atoms with Gasteiger partial charge in [0.15, 0.2) is 5.96 Å². The van der Waals surface area contributed by atoms with E-state index in [9.17, 15) is 0 Å². The molecule has 0 aromatic heterocycles. The Balaban J connectivity index is 0.00000176. The molecule has 1 aliphatic carbocycles. The topological polar surface area (TPSA) is 53.6 Å². The molecule has 0 unspecified atom stereocenters. The van der Waals surface area contributed by atoms with Crippen LogP contribution in [0.5, 0.6) is 0 Å². The fraction of sp³-hybridized carbons (Fsp3) is 0.588. The van der Waals surface area contributed by atoms with Crippen LogP contribution in [-0.2, 0) is 12.8 Å². The first-order valence-corrected chi connectivity index (χ1v) is 8.22. The summed E-state index contributed by atoms with van der Waals surface area (Å²) < 4.78 is 0. The van der Waals surface area contributed by atoms with Crippen LogP contribution in [0, 0.1) is 0 Å². The van der Waals surface area contributed by atoms with E-state index in [0.717, 1.165) is 18.8 Å². The van der Waals surface area contributed by atoms with Gasteiger partial charge < -0.3 is 16.0 Å². The zero-order chi connectivity index (χ0) is 14.5. The average Bonchev–Trinajstić information content (AvgIpc) is 2.96. The number of nitrogens with zero attached hydrogens (tertiary/aromatic N) is 2. The van der Waals surface area contributed by atoms with E-state index in [0.29, 0.717) is 5.96 Å². The quantitative estimate of drug-likeness (QED) is 0.453. The van der Waals surface area contributed by atoms with E-state index in [1.54, 1.807) is 0 Å². The molecule has 122 valence electrons. The molecule has 1 aromatic carbocycles. The van der Waals surface area contributed by atoms with Crippen molar-refractivity contribution < 1.29 is 0 Å². The lowest BCUT2D eigenvalue weighted by molar-refractivity contribution is 0.235. The molecular formula is C17H27IN4. The standard InChI is InChI=1S/C17H26N4.HI/c18-17(19-9-12-21-10-2-1-3-11-21)20-16-8-7-14-5-4-6-15(14)13-16;/h7-8,13H,1-6,9-12H2,(H3,18,19,20);1H. The van der Waals surface area contributed by atoms with Crippen molar-refractivity contribution in [2.75, 3.05) is 31.5 Å². The molecule has 2 aliphatic rings. The van der Waals surface area contributed by atoms with Gasteiger partial charge in [-0.2, -0.15) is 0 Å². The van der Waals surface area contributed by atoms with Gasteiger partial charge in [0.25, 0.3) is 0 Å². The van der Waals surface area contributed by atoms with Crippen LogP contribution in [0.25, 0.3) is 0 Å². The average molecular weight is 414 g/mol. The predicted molar refractivity (Wildman–Crippen MR) is 104 cm³/mol. The summed E-state index contributed by atoms with van der Waals surface area (Å²) in [6.45, 7) is 4.23. The predicted octanol–water partition coefficient (Wildman–Crippen LogP) is 3.01. The van der Waals surface area contributed by atoms with Gasteiger partial charge in [0.1, 0.15) is 0 Å². The van der Waals surface area contributed by atoms with Crippen molar-refractivity contribution >= 4 is 35.6 Å². The Morgan fingerprint density at radius 1 is 1.09 bits per heavy atom. The third kappa shape index (κ3) is 4.84. The molecule has 5 heteroatoms. The third-order valence-electron chi connectivity index (χ3n) is 4.52. The van der Waals surface area contributed by atoms with Gasteiger partial charge in [-0.25, -0.2) is 0 Å². The minimum absolute atomic E-state index is 0. The highest BCUT2D eigenvalue weighted by molar-refractivity contribution is 14.0. The number of fused-ring (bicyclic) bond motifs is 1. The number of benzene rings is 1. The SMILES string of the molecule is I.NC(=NCCN1CCCCC1)Nc1ccc2c(c1)CCC2. The number of hydrogen-bond acceptors (Lipinski definition) is 2. The number of guanidine groups is 1. The van der Waals surface area contributed by atoms with E-state index in [4.69, 9.17) is 5.73 Å². The van der Waals surface area contributed by atoms with Crippen LogP contribution >= 0.6 is 24.0 Å². The van der Waals surface area contributed by atoms with Gasteiger partial charge in [-0.05, 0) is 68.5 Å². The van der Waals surface area contributed by atoms with Crippen LogP contribution in [0.4, 0.5) is 5.69 Å². The fourth-order valence-electron chi connectivity index (χ4n) is 3.33. The maximum absolute atomic E-state index is 5.99. The number of hydrogen-bond donors (Lipinski definition) is 2. The van der Waals surface area contributed by atoms with Crippen molar-refractivity contribution in [3.8, 4) is 0 Å². The van der Waals surface area contributed by atoms with Gasteiger partial charge in [-0.1, -0.05) is 12.5 Å². The highest BCUT2D eigenvalue weighted by Gasteiger charge is 2.11. The third-order valence-corrected chi connectivity index (χ3v) is 4.52. The van der Waals surface area contributed by atoms with Crippen LogP contribution in [0.15, 0.2) is 23.2 Å². The summed E-state index contributed by atoms with van der Waals surface area (Å²) in [5.41, 5.74) is 10.00. The molecule has 22 heavy (non-hydrogen) atoms. The first-order chi connectivity index (χ1) is 10.3. The Kier molecular flexibility index (Phi) is 6.95. The minimum Gasteiger partial charge on any atom is -0.370 e. The molecule has 0 bridgehead atoms. The summed E-state index contributed by atoms with van der Waals surface area (Å²) in [5, 5.41) is 3.22. The molecule has 0 atom stereocenters. The van der Waals surface area contributed by atoms with E-state index in [1.165, 1.54) is 62.7 Å². The van der Waals surface area contributed by atoms with Crippen LogP contribution in [0.1, 0.15) is 36.8 Å². The molecule has 0 saturated carbocycles. The van der Waals surface area contributed by atoms with Gasteiger partial charge in [-0.15, -0.1) is 24.0 Å². The van der Waals surface area contributed by atoms with E-state index >= 15 is 0 Å². The van der Waals surface area contributed by atoms with Crippen LogP contribution < -0.4 is 11.1 Å². The van der Waals surface area contributed by atoms with Crippen LogP contribution in [0.2, 0.25) is 0 Å². The first-order valence-electron chi connectivity index (χ1n) is 8.22. The van der Waals surface area contributed by atoms with Crippen molar-refractivity contribution in [3.05, 3.63) is 29.3 Å². The van der Waals surface area contributed by atoms with E-state index in [1.807, 2.05) is 0 Å². The Labute approximate surface area is 150 Å². The Bertz CT molecular complexity index is 509. The summed E-state index contributed by atoms with van der Waals surface area (Å²) in [5.74, 6) is 0.532. The van der Waals surface area contributed by atoms with Crippen molar-refractivity contribution in [2.45, 2.75) is 38.5 Å². The number of piperidine rings is 1. The normalized spacial score (nSPS) is 18.6. The smallest absolute Gasteiger partial charge is 0.193 e. The van der Waals surface area contributed by atoms with Crippen molar-refractivity contribution in [3.63, 3.8) is 0 Å². The Hall–Kier alpha value is -0.820. The van der Waals surface area contributed by atoms with Gasteiger partial charge in [0.05, 0.1) is 6.54 Å². The molecule has 1 heterocycles. The van der Waals surface area contributed by atoms with E-state index < -0.39 is 0 Å². The molecule has 1 saturated heterocycles. The number of aliphatic imine (C=N–C) groups is 1. The van der Waals surface area contributed by atoms with Crippen molar-refractivity contribution in [1.29, 1.82) is 0 Å². The van der Waals surface area contributed by atoms with E-state index in [2.05, 4.69) is 33.4 Å². The summed E-state index contributed by atoms with van der Waals surface area (Å²) in [6.07, 6.45) is 7.71. The largest absolute Gasteiger partial charge is 0.370 e. The van der Waals surface area contributed by atoms with Crippen LogP contribution in [-0.4, -0.2) is 37.0 Å². The maximum Gasteiger partial charge on any atom is 0.193 e. The minimum atomic E-state index is 0. The molecule has 1 aromatic rings. The Morgan fingerprint density at radius 2 is 1.86 bits per heavy atom. The Morgan fingerprint density at radius 3 is 2.68 bits per heavy atom. The fourth-order valence-corrected chi connectivity index (χ4v) is 3.33. The molecule has 1 fully saturated rings. The van der Waals surface area contributed by atoms with Gasteiger partial charge >= 0.3 is 0 Å². The summed E-state index contributed by atoms with van der Waals surface area (Å²) >= 11 is 0. The number of halogens is 1. The monoisotopic (exact) mass is 414 g/mol. The van der Waals surface area contributed by atoms with Crippen LogP contribution in [0.3, 0.4) is 0 Å². The highest BCUT2D eigenvalue weighted by atomic mass is 127. The number of rotatable bonds is 4. The molecule has 3 rings (SSSR count). The molecule has 4 nitrogen and oxygen atoms in total. The number of likely N-dealkylation sites (tertiary alicyclic amines) is 1. The maximum atomic E-state index is 5.99. The van der Waals surface area contributed by atoms with Gasteiger partial charge in [-0.3, -0.25) is 4.99 Å². The number of anilines is 1. The second-order valence-electron chi connectivity index (χ2n) is 6.13. The molecule has 0 spiro atoms. The number of nitrogens with one attached hydrogen (secondary N) is 1. The summed E-state index contributed by atoms with van der Waals surface area (Å²) in [6, 6.07) is 6.54. The molecular weight excluding hydrogens is 387 g/mol. The molecule has 0 amide bonds. The second kappa shape index (κ2) is 8.72. The number of aryl methyl sites for hydroxylation is 2. The molecule has 1 aliphatic heterocycles. The van der Waals surface area contributed by atoms with Gasteiger partial charge in [0, 0.05) is 12.2 Å². The first kappa shape index (κ1) is 17.5. The van der Waals surface area contributed by atoms with Crippen molar-refractivity contribution in [2.24, 2.45) is 10.7 Å². The highest BCUT2D eigenvalue weighted by Crippen LogP contribution is 2.24. The van der Waals surface area contributed by atoms with Crippen molar-refractivity contribution in [1.82, 2.24) is 4.90 Å².